The number of nitrogens with two attached hydrogens (primary N) is 2. The smallest absolute Gasteiger partial charge is 0.481 e. The van der Waals surface area contributed by atoms with Gasteiger partial charge in [-0.15, -0.1) is 0 Å². The predicted octanol–water partition coefficient (Wildman–Crippen LogP) is 21.0. The van der Waals surface area contributed by atoms with Crippen molar-refractivity contribution in [1.82, 2.24) is 19.9 Å². The minimum atomic E-state index is -1.57. The van der Waals surface area contributed by atoms with Gasteiger partial charge in [-0.3, -0.25) is 0 Å². The number of nitrogens with zero attached hydrogens (tertiary/aromatic N) is 4. The number of benzene rings is 8. The first-order valence-corrected chi connectivity index (χ1v) is 41.8. The van der Waals surface area contributed by atoms with E-state index in [2.05, 4.69) is 102 Å². The van der Waals surface area contributed by atoms with Crippen molar-refractivity contribution in [3.63, 3.8) is 0 Å². The first kappa shape index (κ1) is 90.2. The van der Waals surface area contributed by atoms with Crippen molar-refractivity contribution >= 4 is 255 Å². The standard InChI is InChI=1S/C21H19BClNO3.C16H12BrClN2O.C15H7BrClNO.C12H24B2O4.C10H10BNO3.C6H4BrClIN.C4H8O.H2O/c1-20(2)21(3,4)27-22(26-20)14-9-10-15(23)18-17(14)13-11-12-7-5-6-8-16(12)24-19(13)25-18;1-21-16-10(8-9-4-2-3-5-13(9)20-16)14-11(17)6-7-12(18)15(14)19;16-10-5-6-11(17)14-13(10)9-7-8-3-1-2-4-12(8)18-15(9)19-14;1-9(2)10(3,4)16-13(15-9)14-17-11(5,6)12(7,8)18-14;1-15-10-8(11(13)14)6-7-4-2-3-5-9(7)12-10;7-3-1-2-4(8)6(10)5(3)9;1-2-4-5-3-1;/h5-11H,1-4H3;2-8H,19H2,1H3;1-7H;1-8H3;2-6,13-14H,1H3;1-2H,10H2;1-4H2;1H2. The molecule has 10 heterocycles. The molecular weight excluding hydrogens is 1870 g/mol. The van der Waals surface area contributed by atoms with Crippen LogP contribution >= 0.6 is 117 Å². The first-order valence-electron chi connectivity index (χ1n) is 36.8. The lowest BCUT2D eigenvalue weighted by Gasteiger charge is -2.32. The highest BCUT2D eigenvalue weighted by atomic mass is 127. The Morgan fingerprint density at radius 3 is 1.26 bits per heavy atom. The number of methoxy groups -OCH3 is 2. The highest BCUT2D eigenvalue weighted by Crippen LogP contribution is 2.47. The number of fused-ring (bicyclic) bond motifs is 10. The average Bonchev–Trinajstić information content (AvgIpc) is 1.60. The SMILES string of the molecule is C1CCOC1.CC1(C)OB(B2OC(C)(C)C(C)(C)O2)OC1(C)C.CC1(C)OB(c2ccc(Cl)c3oc4nc5ccccc5cc4c23)OC1(C)C.COc1nc2ccccc2cc1-c1c(Br)ccc(Cl)c1N.COc1nc2ccccc2cc1B(O)O.Clc1ccc(Br)c2c1oc1nc3ccccc3cc12.Nc1c(Cl)ccc(Br)c1I.O. The maximum atomic E-state index is 9.13. The van der Waals surface area contributed by atoms with E-state index in [-0.39, 0.29) is 39.2 Å². The third-order valence-electron chi connectivity index (χ3n) is 21.2. The molecule has 6 aromatic heterocycles. The van der Waals surface area contributed by atoms with Crippen molar-refractivity contribution in [3.8, 4) is 22.9 Å². The summed E-state index contributed by atoms with van der Waals surface area (Å²) in [6.45, 7) is 26.4. The number of rotatable bonds is 6. The lowest BCUT2D eigenvalue weighted by molar-refractivity contribution is 0.00578. The molecule has 18 rings (SSSR count). The minimum Gasteiger partial charge on any atom is -0.481 e. The summed E-state index contributed by atoms with van der Waals surface area (Å²) >= 11 is 37.1. The van der Waals surface area contributed by atoms with Gasteiger partial charge in [0.05, 0.1) is 105 Å². The fourth-order valence-electron chi connectivity index (χ4n) is 12.7. The lowest BCUT2D eigenvalue weighted by Crippen LogP contribution is -2.41. The molecule has 4 fully saturated rings. The van der Waals surface area contributed by atoms with Crippen LogP contribution in [0.5, 0.6) is 11.8 Å². The van der Waals surface area contributed by atoms with Crippen LogP contribution in [0.25, 0.3) is 98.9 Å². The number of nitrogen functional groups attached to an aromatic ring is 2. The van der Waals surface area contributed by atoms with Gasteiger partial charge in [-0.2, -0.15) is 0 Å². The van der Waals surface area contributed by atoms with Crippen molar-refractivity contribution in [1.29, 1.82) is 0 Å². The van der Waals surface area contributed by atoms with E-state index in [1.807, 2.05) is 223 Å². The molecular formula is C84H86B4Br3Cl4IN6O14. The third kappa shape index (κ3) is 19.2. The number of anilines is 2. The molecule has 4 aliphatic heterocycles. The van der Waals surface area contributed by atoms with E-state index < -0.39 is 39.5 Å². The normalized spacial score (nSPS) is 16.4. The van der Waals surface area contributed by atoms with Crippen molar-refractivity contribution in [2.75, 3.05) is 38.9 Å². The van der Waals surface area contributed by atoms with E-state index in [1.165, 1.54) is 20.0 Å². The van der Waals surface area contributed by atoms with Gasteiger partial charge < -0.3 is 78.0 Å². The molecule has 32 heteroatoms. The number of para-hydroxylation sites is 4. The number of furan rings is 2. The summed E-state index contributed by atoms with van der Waals surface area (Å²) in [4.78, 5) is 17.9. The zero-order valence-corrected chi connectivity index (χ0v) is 76.1. The number of halogens is 8. The van der Waals surface area contributed by atoms with Gasteiger partial charge >= 0.3 is 28.3 Å². The molecule has 14 aromatic rings. The molecule has 116 heavy (non-hydrogen) atoms. The predicted molar refractivity (Wildman–Crippen MR) is 493 cm³/mol. The molecule has 0 radical (unpaired) electrons. The minimum absolute atomic E-state index is 0. The van der Waals surface area contributed by atoms with Crippen molar-refractivity contribution in [2.45, 2.75) is 130 Å². The second-order valence-electron chi connectivity index (χ2n) is 30.5. The Labute approximate surface area is 733 Å². The molecule has 4 aliphatic rings. The van der Waals surface area contributed by atoms with Crippen molar-refractivity contribution < 1.29 is 66.5 Å². The molecule has 0 spiro atoms. The van der Waals surface area contributed by atoms with Gasteiger partial charge in [0.2, 0.25) is 23.2 Å². The van der Waals surface area contributed by atoms with Crippen LogP contribution in [0, 0.1) is 3.57 Å². The van der Waals surface area contributed by atoms with E-state index in [9.17, 15) is 0 Å². The summed E-state index contributed by atoms with van der Waals surface area (Å²) in [5, 5.41) is 28.3. The van der Waals surface area contributed by atoms with Gasteiger partial charge in [0, 0.05) is 86.3 Å². The Bertz CT molecular complexity index is 5840. The summed E-state index contributed by atoms with van der Waals surface area (Å²) in [7, 11) is 0.0179. The molecule has 604 valence electrons. The van der Waals surface area contributed by atoms with Crippen molar-refractivity contribution in [2.24, 2.45) is 0 Å². The van der Waals surface area contributed by atoms with Crippen LogP contribution in [0.1, 0.15) is 95.9 Å². The Balaban J connectivity index is 0.000000137. The number of aromatic nitrogens is 4. The molecule has 4 saturated heterocycles. The van der Waals surface area contributed by atoms with Crippen LogP contribution in [0.3, 0.4) is 0 Å². The van der Waals surface area contributed by atoms with Gasteiger partial charge in [0.1, 0.15) is 0 Å². The highest BCUT2D eigenvalue weighted by Gasteiger charge is 2.64. The fraction of sp³-hybridized carbons (Fsp3) is 0.286. The summed E-state index contributed by atoms with van der Waals surface area (Å²) in [5.41, 5.74) is 19.3. The highest BCUT2D eigenvalue weighted by molar-refractivity contribution is 14.1. The zero-order chi connectivity index (χ0) is 83.0. The number of hydrogen-bond donors (Lipinski definition) is 4. The molecule has 20 nitrogen and oxygen atoms in total. The Kier molecular flexibility index (Phi) is 28.6. The van der Waals surface area contributed by atoms with Crippen LogP contribution in [-0.4, -0.2) is 125 Å². The molecule has 0 aliphatic carbocycles. The molecule has 0 amide bonds. The maximum Gasteiger partial charge on any atom is 0.495 e. The van der Waals surface area contributed by atoms with E-state index in [4.69, 9.17) is 119 Å². The molecule has 0 atom stereocenters. The van der Waals surface area contributed by atoms with Crippen molar-refractivity contribution in [3.05, 3.63) is 207 Å². The number of ether oxygens (including phenoxy) is 3. The summed E-state index contributed by atoms with van der Waals surface area (Å²) in [5.74, 6) is 0.757. The Morgan fingerprint density at radius 2 is 0.819 bits per heavy atom. The fourth-order valence-corrected chi connectivity index (χ4v) is 15.5. The Morgan fingerprint density at radius 1 is 0.448 bits per heavy atom. The lowest BCUT2D eigenvalue weighted by atomic mass is 9.49. The third-order valence-corrected chi connectivity index (χ3v) is 26.3. The topological polar surface area (TPSA) is 285 Å². The summed E-state index contributed by atoms with van der Waals surface area (Å²) in [6, 6.07) is 53.9. The largest absolute Gasteiger partial charge is 0.495 e. The van der Waals surface area contributed by atoms with Gasteiger partial charge in [-0.05, 0) is 231 Å². The van der Waals surface area contributed by atoms with Crippen LogP contribution in [0.4, 0.5) is 11.4 Å². The van der Waals surface area contributed by atoms with E-state index in [1.54, 1.807) is 25.3 Å². The Hall–Kier alpha value is -6.61. The van der Waals surface area contributed by atoms with E-state index >= 15 is 0 Å². The maximum absolute atomic E-state index is 9.13. The quantitative estimate of drug-likeness (QED) is 0.0521. The summed E-state index contributed by atoms with van der Waals surface area (Å²) < 4.78 is 67.4. The van der Waals surface area contributed by atoms with E-state index in [0.717, 1.165) is 112 Å². The van der Waals surface area contributed by atoms with Gasteiger partial charge in [0.15, 0.2) is 11.2 Å². The van der Waals surface area contributed by atoms with Crippen LogP contribution in [-0.2, 0) is 32.7 Å². The van der Waals surface area contributed by atoms with Crippen LogP contribution in [0.15, 0.2) is 192 Å². The molecule has 0 saturated carbocycles. The number of pyridine rings is 4. The van der Waals surface area contributed by atoms with E-state index in [0.29, 0.717) is 59.9 Å². The molecule has 0 bridgehead atoms. The molecule has 0 unspecified atom stereocenters. The van der Waals surface area contributed by atoms with Crippen LogP contribution in [0.2, 0.25) is 20.1 Å². The zero-order valence-electron chi connectivity index (χ0n) is 66.2. The number of hydrogen-bond acceptors (Lipinski definition) is 19. The van der Waals surface area contributed by atoms with Gasteiger partial charge in [-0.25, -0.2) is 19.9 Å². The molecule has 8 aromatic carbocycles. The average molecular weight is 1960 g/mol. The second kappa shape index (κ2) is 36.8. The van der Waals surface area contributed by atoms with Crippen LogP contribution < -0.4 is 31.9 Å². The van der Waals surface area contributed by atoms with Gasteiger partial charge in [0.25, 0.3) is 0 Å². The second-order valence-corrected chi connectivity index (χ2v) is 35.7. The molecule has 8 N–H and O–H groups in total. The summed E-state index contributed by atoms with van der Waals surface area (Å²) in [6.07, 6.45) is 2.56. The first-order chi connectivity index (χ1) is 54.3. The monoisotopic (exact) mass is 1950 g/mol. The van der Waals surface area contributed by atoms with Gasteiger partial charge in [-0.1, -0.05) is 157 Å².